The summed E-state index contributed by atoms with van der Waals surface area (Å²) < 4.78 is 41.3. The molecule has 0 N–H and O–H groups in total. The van der Waals surface area contributed by atoms with E-state index in [2.05, 4.69) is 18.0 Å². The number of fused-ring (bicyclic) bond motifs is 1. The summed E-state index contributed by atoms with van der Waals surface area (Å²) in [4.78, 5) is 4.88. The van der Waals surface area contributed by atoms with Gasteiger partial charge >= 0.3 is 7.12 Å². The molecule has 0 amide bonds. The fourth-order valence-electron chi connectivity index (χ4n) is 4.52. The summed E-state index contributed by atoms with van der Waals surface area (Å²) >= 11 is 0. The standard InChI is InChI=1S/C28H31BN2O4S/c1-7-20-10-8-9-11-23(20)25-18-31(36(32,33)22-14-12-19(2)13-15-22)26-24(25)16-21(17-30-26)29-34-27(3,4)28(5,6)35-29/h8-18H,7H2,1-6H3. The Morgan fingerprint density at radius 2 is 1.58 bits per heavy atom. The number of hydrogen-bond acceptors (Lipinski definition) is 5. The van der Waals surface area contributed by atoms with Crippen molar-refractivity contribution in [2.45, 2.75) is 64.1 Å². The third kappa shape index (κ3) is 3.97. The molecule has 0 atom stereocenters. The Bertz CT molecular complexity index is 1540. The predicted octanol–water partition coefficient (Wildman–Crippen LogP) is 5.11. The number of rotatable bonds is 5. The minimum atomic E-state index is -3.87. The Kier molecular flexibility index (Phi) is 5.90. The van der Waals surface area contributed by atoms with Crippen LogP contribution in [0.3, 0.4) is 0 Å². The summed E-state index contributed by atoms with van der Waals surface area (Å²) in [7, 11) is -4.47. The maximum atomic E-state index is 13.7. The summed E-state index contributed by atoms with van der Waals surface area (Å²) in [6.07, 6.45) is 4.16. The number of hydrogen-bond donors (Lipinski definition) is 0. The fourth-order valence-corrected chi connectivity index (χ4v) is 5.84. The molecule has 1 fully saturated rings. The van der Waals surface area contributed by atoms with E-state index in [9.17, 15) is 8.42 Å². The Morgan fingerprint density at radius 3 is 2.22 bits per heavy atom. The quantitative estimate of drug-likeness (QED) is 0.355. The largest absolute Gasteiger partial charge is 0.496 e. The lowest BCUT2D eigenvalue weighted by atomic mass is 9.79. The van der Waals surface area contributed by atoms with Gasteiger partial charge in [0.05, 0.1) is 16.1 Å². The van der Waals surface area contributed by atoms with Crippen molar-refractivity contribution in [3.63, 3.8) is 0 Å². The molecule has 1 aliphatic heterocycles. The molecule has 0 spiro atoms. The smallest absolute Gasteiger partial charge is 0.399 e. The van der Waals surface area contributed by atoms with E-state index in [1.165, 1.54) is 3.97 Å². The van der Waals surface area contributed by atoms with E-state index < -0.39 is 28.3 Å². The second-order valence-electron chi connectivity index (χ2n) is 10.4. The van der Waals surface area contributed by atoms with Gasteiger partial charge in [0.2, 0.25) is 0 Å². The lowest BCUT2D eigenvalue weighted by Crippen LogP contribution is -2.41. The summed E-state index contributed by atoms with van der Waals surface area (Å²) in [6, 6.07) is 16.9. The van der Waals surface area contributed by atoms with Gasteiger partial charge in [0, 0.05) is 28.8 Å². The summed E-state index contributed by atoms with van der Waals surface area (Å²) in [5.41, 5.74) is 4.05. The van der Waals surface area contributed by atoms with Crippen molar-refractivity contribution in [1.29, 1.82) is 0 Å². The molecule has 0 saturated carbocycles. The molecule has 2 aromatic carbocycles. The molecule has 0 aliphatic carbocycles. The van der Waals surface area contributed by atoms with Crippen LogP contribution in [0, 0.1) is 6.92 Å². The molecule has 36 heavy (non-hydrogen) atoms. The van der Waals surface area contributed by atoms with Gasteiger partial charge in [-0.05, 0) is 70.4 Å². The second-order valence-corrected chi connectivity index (χ2v) is 12.2. The van der Waals surface area contributed by atoms with E-state index >= 15 is 0 Å². The van der Waals surface area contributed by atoms with Crippen LogP contribution in [0.5, 0.6) is 0 Å². The molecule has 1 saturated heterocycles. The number of aryl methyl sites for hydroxylation is 2. The highest BCUT2D eigenvalue weighted by Gasteiger charge is 2.52. The van der Waals surface area contributed by atoms with E-state index in [1.807, 2.05) is 58.9 Å². The predicted molar refractivity (Wildman–Crippen MR) is 144 cm³/mol. The van der Waals surface area contributed by atoms with Crippen LogP contribution in [-0.2, 0) is 25.8 Å². The van der Waals surface area contributed by atoms with E-state index in [0.29, 0.717) is 5.65 Å². The highest BCUT2D eigenvalue weighted by atomic mass is 32.2. The molecule has 0 unspecified atom stereocenters. The molecule has 2 aromatic heterocycles. The molecule has 4 aromatic rings. The van der Waals surface area contributed by atoms with Crippen LogP contribution in [0.1, 0.15) is 45.7 Å². The molecule has 8 heteroatoms. The first-order valence-electron chi connectivity index (χ1n) is 12.2. The van der Waals surface area contributed by atoms with Crippen molar-refractivity contribution in [3.05, 3.63) is 78.1 Å². The molecule has 0 bridgehead atoms. The maximum absolute atomic E-state index is 13.7. The zero-order valence-corrected chi connectivity index (χ0v) is 22.4. The molecule has 1 aliphatic rings. The lowest BCUT2D eigenvalue weighted by molar-refractivity contribution is 0.00578. The fraction of sp³-hybridized carbons (Fsp3) is 0.321. The Hall–Kier alpha value is -2.94. The first kappa shape index (κ1) is 24.7. The van der Waals surface area contributed by atoms with Crippen molar-refractivity contribution in [2.75, 3.05) is 0 Å². The number of aromatic nitrogens is 2. The van der Waals surface area contributed by atoms with Crippen LogP contribution in [0.2, 0.25) is 0 Å². The van der Waals surface area contributed by atoms with E-state index in [-0.39, 0.29) is 4.90 Å². The van der Waals surface area contributed by atoms with Crippen LogP contribution >= 0.6 is 0 Å². The summed E-state index contributed by atoms with van der Waals surface area (Å²) in [5, 5.41) is 0.735. The molecule has 0 radical (unpaired) electrons. The zero-order valence-electron chi connectivity index (χ0n) is 21.6. The number of nitrogens with zero attached hydrogens (tertiary/aromatic N) is 2. The van der Waals surface area contributed by atoms with E-state index in [4.69, 9.17) is 9.31 Å². The van der Waals surface area contributed by atoms with Crippen LogP contribution in [-0.4, -0.2) is 35.7 Å². The van der Waals surface area contributed by atoms with Crippen LogP contribution < -0.4 is 5.46 Å². The minimum Gasteiger partial charge on any atom is -0.399 e. The molecule has 186 valence electrons. The van der Waals surface area contributed by atoms with Crippen molar-refractivity contribution < 1.29 is 17.7 Å². The van der Waals surface area contributed by atoms with E-state index in [1.54, 1.807) is 36.7 Å². The van der Waals surface area contributed by atoms with Crippen molar-refractivity contribution in [3.8, 4) is 11.1 Å². The maximum Gasteiger partial charge on any atom is 0.496 e. The van der Waals surface area contributed by atoms with Gasteiger partial charge in [0.25, 0.3) is 10.0 Å². The van der Waals surface area contributed by atoms with Gasteiger partial charge in [-0.1, -0.05) is 48.9 Å². The first-order chi connectivity index (χ1) is 16.9. The van der Waals surface area contributed by atoms with Crippen molar-refractivity contribution in [2.24, 2.45) is 0 Å². The van der Waals surface area contributed by atoms with Gasteiger partial charge in [-0.2, -0.15) is 0 Å². The Morgan fingerprint density at radius 1 is 0.944 bits per heavy atom. The topological polar surface area (TPSA) is 70.4 Å². The van der Waals surface area contributed by atoms with Crippen molar-refractivity contribution in [1.82, 2.24) is 8.96 Å². The van der Waals surface area contributed by atoms with Gasteiger partial charge in [-0.3, -0.25) is 0 Å². The van der Waals surface area contributed by atoms with Crippen LogP contribution in [0.4, 0.5) is 0 Å². The third-order valence-electron chi connectivity index (χ3n) is 7.42. The van der Waals surface area contributed by atoms with Gasteiger partial charge in [0.1, 0.15) is 0 Å². The minimum absolute atomic E-state index is 0.220. The van der Waals surface area contributed by atoms with Gasteiger partial charge in [-0.15, -0.1) is 0 Å². The SMILES string of the molecule is CCc1ccccc1-c1cn(S(=O)(=O)c2ccc(C)cc2)c2ncc(B3OC(C)(C)C(C)(C)O3)cc12. The van der Waals surface area contributed by atoms with Crippen LogP contribution in [0.25, 0.3) is 22.2 Å². The van der Waals surface area contributed by atoms with Gasteiger partial charge in [0.15, 0.2) is 5.65 Å². The first-order valence-corrected chi connectivity index (χ1v) is 13.7. The molecule has 6 nitrogen and oxygen atoms in total. The summed E-state index contributed by atoms with van der Waals surface area (Å²) in [6.45, 7) is 12.0. The van der Waals surface area contributed by atoms with Crippen LogP contribution in [0.15, 0.2) is 71.9 Å². The molecule has 3 heterocycles. The van der Waals surface area contributed by atoms with Gasteiger partial charge < -0.3 is 9.31 Å². The monoisotopic (exact) mass is 502 g/mol. The average Bonchev–Trinajstić information content (AvgIpc) is 3.33. The molecular weight excluding hydrogens is 471 g/mol. The molecule has 5 rings (SSSR count). The second kappa shape index (κ2) is 8.58. The third-order valence-corrected chi connectivity index (χ3v) is 9.09. The zero-order chi connectivity index (χ0) is 25.9. The number of pyridine rings is 1. The summed E-state index contributed by atoms with van der Waals surface area (Å²) in [5.74, 6) is 0. The Balaban J connectivity index is 1.73. The van der Waals surface area contributed by atoms with E-state index in [0.717, 1.165) is 39.5 Å². The number of benzene rings is 2. The van der Waals surface area contributed by atoms with Gasteiger partial charge in [-0.25, -0.2) is 17.4 Å². The average molecular weight is 502 g/mol. The highest BCUT2D eigenvalue weighted by molar-refractivity contribution is 7.90. The lowest BCUT2D eigenvalue weighted by Gasteiger charge is -2.32. The molecular formula is C28H31BN2O4S. The normalized spacial score (nSPS) is 17.1. The van der Waals surface area contributed by atoms with Crippen molar-refractivity contribution >= 4 is 33.6 Å². The highest BCUT2D eigenvalue weighted by Crippen LogP contribution is 2.38. The Labute approximate surface area is 213 Å².